The minimum absolute atomic E-state index is 0. The highest BCUT2D eigenvalue weighted by Crippen LogP contribution is 2.17. The summed E-state index contributed by atoms with van der Waals surface area (Å²) in [6.07, 6.45) is 4.78. The van der Waals surface area contributed by atoms with Crippen LogP contribution in [0.3, 0.4) is 0 Å². The maximum absolute atomic E-state index is 12.2. The average molecular weight is 276 g/mol. The topological polar surface area (TPSA) is 35.6 Å². The van der Waals surface area contributed by atoms with E-state index in [-0.39, 0.29) is 12.4 Å². The highest BCUT2D eigenvalue weighted by Gasteiger charge is 2.26. The fraction of sp³-hybridized carbons (Fsp3) is 0.923. The Morgan fingerprint density at radius 1 is 1.39 bits per heavy atom. The van der Waals surface area contributed by atoms with E-state index in [1.807, 2.05) is 0 Å². The number of halogens is 1. The molecule has 0 saturated carbocycles. The van der Waals surface area contributed by atoms with Gasteiger partial charge in [0.25, 0.3) is 0 Å². The number of likely N-dealkylation sites (tertiary alicyclic amines) is 1. The van der Waals surface area contributed by atoms with Crippen molar-refractivity contribution in [1.82, 2.24) is 15.1 Å². The molecule has 2 heterocycles. The zero-order chi connectivity index (χ0) is 12.3. The van der Waals surface area contributed by atoms with E-state index in [0.717, 1.165) is 19.6 Å². The third-order valence-corrected chi connectivity index (χ3v) is 4.17. The van der Waals surface area contributed by atoms with Crippen LogP contribution in [0.1, 0.15) is 32.6 Å². The summed E-state index contributed by atoms with van der Waals surface area (Å²) >= 11 is 0. The Morgan fingerprint density at radius 2 is 2.17 bits per heavy atom. The van der Waals surface area contributed by atoms with Gasteiger partial charge in [0.1, 0.15) is 0 Å². The molecule has 106 valence electrons. The summed E-state index contributed by atoms with van der Waals surface area (Å²) in [5.74, 6) is 0.312. The molecule has 2 saturated heterocycles. The van der Waals surface area contributed by atoms with Crippen molar-refractivity contribution in [2.75, 3.05) is 33.2 Å². The van der Waals surface area contributed by atoms with Crippen molar-refractivity contribution >= 4 is 18.3 Å². The number of likely N-dealkylation sites (N-methyl/N-ethyl adjacent to an activating group) is 1. The Balaban J connectivity index is 0.00000162. The van der Waals surface area contributed by atoms with Gasteiger partial charge in [0, 0.05) is 25.2 Å². The molecule has 0 radical (unpaired) electrons. The molecule has 2 unspecified atom stereocenters. The lowest BCUT2D eigenvalue weighted by Gasteiger charge is -2.35. The molecule has 5 heteroatoms. The number of amides is 1. The minimum Gasteiger partial charge on any atom is -0.339 e. The molecule has 0 spiro atoms. The Kier molecular flexibility index (Phi) is 6.39. The predicted octanol–water partition coefficient (Wildman–Crippen LogP) is 1.10. The van der Waals surface area contributed by atoms with Crippen LogP contribution in [0.4, 0.5) is 0 Å². The molecule has 0 aromatic carbocycles. The normalized spacial score (nSPS) is 28.3. The van der Waals surface area contributed by atoms with Gasteiger partial charge in [-0.05, 0) is 46.2 Å². The molecule has 0 aromatic rings. The SMILES string of the molecule is CC1CCCCN1C(=O)CN(C)C1CCNC1.Cl. The first kappa shape index (κ1) is 15.7. The van der Waals surface area contributed by atoms with E-state index in [0.29, 0.717) is 24.5 Å². The van der Waals surface area contributed by atoms with Gasteiger partial charge in [0.05, 0.1) is 6.54 Å². The maximum atomic E-state index is 12.2. The fourth-order valence-corrected chi connectivity index (χ4v) is 2.92. The Morgan fingerprint density at radius 3 is 2.78 bits per heavy atom. The van der Waals surface area contributed by atoms with Crippen LogP contribution in [-0.4, -0.2) is 61.0 Å². The summed E-state index contributed by atoms with van der Waals surface area (Å²) in [4.78, 5) is 16.5. The first-order valence-electron chi connectivity index (χ1n) is 6.89. The lowest BCUT2D eigenvalue weighted by molar-refractivity contribution is -0.135. The molecular formula is C13H26ClN3O. The molecule has 2 aliphatic heterocycles. The summed E-state index contributed by atoms with van der Waals surface area (Å²) in [7, 11) is 2.07. The van der Waals surface area contributed by atoms with Crippen LogP contribution < -0.4 is 5.32 Å². The van der Waals surface area contributed by atoms with Crippen LogP contribution >= 0.6 is 12.4 Å². The second-order valence-corrected chi connectivity index (χ2v) is 5.49. The van der Waals surface area contributed by atoms with Crippen molar-refractivity contribution in [2.24, 2.45) is 0 Å². The van der Waals surface area contributed by atoms with Crippen molar-refractivity contribution in [3.63, 3.8) is 0 Å². The highest BCUT2D eigenvalue weighted by atomic mass is 35.5. The number of rotatable bonds is 3. The molecule has 2 rings (SSSR count). The van der Waals surface area contributed by atoms with E-state index in [4.69, 9.17) is 0 Å². The number of carbonyl (C=O) groups excluding carboxylic acids is 1. The number of nitrogens with one attached hydrogen (secondary N) is 1. The summed E-state index contributed by atoms with van der Waals surface area (Å²) in [5.41, 5.74) is 0. The number of hydrogen-bond acceptors (Lipinski definition) is 3. The Labute approximate surface area is 116 Å². The fourth-order valence-electron chi connectivity index (χ4n) is 2.92. The lowest BCUT2D eigenvalue weighted by Crippen LogP contribution is -2.48. The molecular weight excluding hydrogens is 250 g/mol. The highest BCUT2D eigenvalue weighted by molar-refractivity contribution is 5.85. The standard InChI is InChI=1S/C13H25N3O.ClH/c1-11-5-3-4-8-16(11)13(17)10-15(2)12-6-7-14-9-12;/h11-12,14H,3-10H2,1-2H3;1H. The van der Waals surface area contributed by atoms with E-state index >= 15 is 0 Å². The lowest BCUT2D eigenvalue weighted by atomic mass is 10.0. The van der Waals surface area contributed by atoms with E-state index in [1.54, 1.807) is 0 Å². The van der Waals surface area contributed by atoms with Crippen molar-refractivity contribution < 1.29 is 4.79 Å². The Hall–Kier alpha value is -0.320. The molecule has 2 atom stereocenters. The van der Waals surface area contributed by atoms with Gasteiger partial charge < -0.3 is 10.2 Å². The minimum atomic E-state index is 0. The molecule has 2 fully saturated rings. The van der Waals surface area contributed by atoms with Gasteiger partial charge in [-0.3, -0.25) is 9.69 Å². The van der Waals surface area contributed by atoms with Gasteiger partial charge in [-0.1, -0.05) is 0 Å². The molecule has 0 bridgehead atoms. The van der Waals surface area contributed by atoms with E-state index in [2.05, 4.69) is 29.1 Å². The van der Waals surface area contributed by atoms with Gasteiger partial charge in [-0.15, -0.1) is 12.4 Å². The van der Waals surface area contributed by atoms with Gasteiger partial charge in [-0.25, -0.2) is 0 Å². The number of nitrogens with zero attached hydrogens (tertiary/aromatic N) is 2. The van der Waals surface area contributed by atoms with Crippen LogP contribution in [0.2, 0.25) is 0 Å². The van der Waals surface area contributed by atoms with Crippen molar-refractivity contribution in [1.29, 1.82) is 0 Å². The van der Waals surface area contributed by atoms with Crippen molar-refractivity contribution in [3.05, 3.63) is 0 Å². The zero-order valence-electron chi connectivity index (χ0n) is 11.5. The van der Waals surface area contributed by atoms with Crippen LogP contribution in [0, 0.1) is 0 Å². The van der Waals surface area contributed by atoms with Crippen molar-refractivity contribution in [3.8, 4) is 0 Å². The quantitative estimate of drug-likeness (QED) is 0.838. The molecule has 1 N–H and O–H groups in total. The monoisotopic (exact) mass is 275 g/mol. The molecule has 4 nitrogen and oxygen atoms in total. The molecule has 1 amide bonds. The summed E-state index contributed by atoms with van der Waals surface area (Å²) < 4.78 is 0. The third-order valence-electron chi connectivity index (χ3n) is 4.17. The van der Waals surface area contributed by atoms with Crippen LogP contribution in [0.25, 0.3) is 0 Å². The first-order chi connectivity index (χ1) is 8.18. The van der Waals surface area contributed by atoms with Crippen molar-refractivity contribution in [2.45, 2.75) is 44.7 Å². The summed E-state index contributed by atoms with van der Waals surface area (Å²) in [5, 5.41) is 3.35. The summed E-state index contributed by atoms with van der Waals surface area (Å²) in [6.45, 7) is 5.82. The van der Waals surface area contributed by atoms with Gasteiger partial charge in [-0.2, -0.15) is 0 Å². The van der Waals surface area contributed by atoms with E-state index in [1.165, 1.54) is 25.7 Å². The third kappa shape index (κ3) is 3.84. The van der Waals surface area contributed by atoms with Crippen LogP contribution in [-0.2, 0) is 4.79 Å². The molecule has 2 aliphatic rings. The first-order valence-corrected chi connectivity index (χ1v) is 6.89. The number of hydrogen-bond donors (Lipinski definition) is 1. The van der Waals surface area contributed by atoms with Crippen LogP contribution in [0.5, 0.6) is 0 Å². The van der Waals surface area contributed by atoms with Gasteiger partial charge >= 0.3 is 0 Å². The van der Waals surface area contributed by atoms with Gasteiger partial charge in [0.15, 0.2) is 0 Å². The second kappa shape index (κ2) is 7.31. The summed E-state index contributed by atoms with van der Waals surface area (Å²) in [6, 6.07) is 0.977. The Bertz CT molecular complexity index is 269. The zero-order valence-corrected chi connectivity index (χ0v) is 12.3. The molecule has 0 aromatic heterocycles. The van der Waals surface area contributed by atoms with E-state index in [9.17, 15) is 4.79 Å². The predicted molar refractivity (Wildman–Crippen MR) is 76.2 cm³/mol. The smallest absolute Gasteiger partial charge is 0.236 e. The maximum Gasteiger partial charge on any atom is 0.236 e. The largest absolute Gasteiger partial charge is 0.339 e. The van der Waals surface area contributed by atoms with E-state index < -0.39 is 0 Å². The average Bonchev–Trinajstić information content (AvgIpc) is 2.82. The molecule has 0 aliphatic carbocycles. The van der Waals surface area contributed by atoms with Gasteiger partial charge in [0.2, 0.25) is 5.91 Å². The molecule has 18 heavy (non-hydrogen) atoms. The number of piperidine rings is 1. The van der Waals surface area contributed by atoms with Crippen LogP contribution in [0.15, 0.2) is 0 Å². The number of carbonyl (C=O) groups is 1. The second-order valence-electron chi connectivity index (χ2n) is 5.49.